The fraction of sp³-hybridized carbons (Fsp3) is 0.257. The number of nitrogens with one attached hydrogen (secondary N) is 1. The van der Waals surface area contributed by atoms with Gasteiger partial charge in [-0.05, 0) is 66.4 Å². The van der Waals surface area contributed by atoms with E-state index in [0.717, 1.165) is 32.7 Å². The maximum Gasteiger partial charge on any atom is 0.264 e. The lowest BCUT2D eigenvalue weighted by Crippen LogP contribution is -2.53. The van der Waals surface area contributed by atoms with Crippen molar-refractivity contribution in [3.8, 4) is 0 Å². The summed E-state index contributed by atoms with van der Waals surface area (Å²) in [6.07, 6.45) is 1.94. The highest BCUT2D eigenvalue weighted by Gasteiger charge is 2.35. The first-order valence-electron chi connectivity index (χ1n) is 14.8. The largest absolute Gasteiger partial charge is 0.354 e. The number of anilines is 1. The molecule has 0 aliphatic rings. The minimum absolute atomic E-state index is 0.0360. The molecule has 0 aromatic heterocycles. The average molecular weight is 711 g/mol. The van der Waals surface area contributed by atoms with Gasteiger partial charge in [-0.1, -0.05) is 108 Å². The molecular formula is C35H37BrClN3O4S. The quantitative estimate of drug-likeness (QED) is 0.141. The molecule has 4 rings (SSSR count). The van der Waals surface area contributed by atoms with Crippen molar-refractivity contribution in [3.05, 3.63) is 129 Å². The summed E-state index contributed by atoms with van der Waals surface area (Å²) in [5.41, 5.74) is 2.46. The Morgan fingerprint density at radius 2 is 1.53 bits per heavy atom. The van der Waals surface area contributed by atoms with E-state index in [0.29, 0.717) is 17.1 Å². The Kier molecular flexibility index (Phi) is 12.2. The van der Waals surface area contributed by atoms with Gasteiger partial charge in [-0.3, -0.25) is 13.9 Å². The Balaban J connectivity index is 1.81. The fourth-order valence-corrected chi connectivity index (χ4v) is 7.10. The van der Waals surface area contributed by atoms with Crippen molar-refractivity contribution in [2.75, 3.05) is 17.4 Å². The van der Waals surface area contributed by atoms with Gasteiger partial charge in [0.2, 0.25) is 11.8 Å². The van der Waals surface area contributed by atoms with Gasteiger partial charge in [0.05, 0.1) is 10.6 Å². The summed E-state index contributed by atoms with van der Waals surface area (Å²) in [7, 11) is -4.20. The number of carbonyl (C=O) groups is 2. The van der Waals surface area contributed by atoms with E-state index in [1.54, 1.807) is 43.3 Å². The number of rotatable bonds is 14. The Labute approximate surface area is 279 Å². The van der Waals surface area contributed by atoms with Crippen molar-refractivity contribution in [2.45, 2.75) is 50.6 Å². The topological polar surface area (TPSA) is 86.8 Å². The number of halogens is 2. The Morgan fingerprint density at radius 1 is 0.889 bits per heavy atom. The van der Waals surface area contributed by atoms with Crippen LogP contribution in [0.5, 0.6) is 0 Å². The number of hydrogen-bond acceptors (Lipinski definition) is 4. The molecule has 0 saturated carbocycles. The van der Waals surface area contributed by atoms with Crippen LogP contribution >= 0.6 is 27.5 Å². The third-order valence-corrected chi connectivity index (χ3v) is 10.1. The molecule has 4 aromatic rings. The van der Waals surface area contributed by atoms with Crippen LogP contribution in [0.2, 0.25) is 5.02 Å². The molecule has 0 saturated heterocycles. The molecule has 0 aliphatic heterocycles. The highest BCUT2D eigenvalue weighted by molar-refractivity contribution is 9.10. The molecule has 4 aromatic carbocycles. The molecule has 1 unspecified atom stereocenters. The second-order valence-electron chi connectivity index (χ2n) is 10.7. The van der Waals surface area contributed by atoms with Crippen molar-refractivity contribution < 1.29 is 18.0 Å². The van der Waals surface area contributed by atoms with Gasteiger partial charge >= 0.3 is 0 Å². The molecular weight excluding hydrogens is 674 g/mol. The second kappa shape index (κ2) is 16.1. The zero-order valence-electron chi connectivity index (χ0n) is 25.3. The van der Waals surface area contributed by atoms with Crippen molar-refractivity contribution >= 4 is 55.1 Å². The first kappa shape index (κ1) is 34.2. The Hall–Kier alpha value is -3.66. The summed E-state index contributed by atoms with van der Waals surface area (Å²) in [5.74, 6) is -0.826. The van der Waals surface area contributed by atoms with Gasteiger partial charge in [0.25, 0.3) is 10.0 Å². The van der Waals surface area contributed by atoms with Gasteiger partial charge in [0, 0.05) is 29.0 Å². The molecule has 0 aliphatic carbocycles. The maximum atomic E-state index is 14.6. The first-order chi connectivity index (χ1) is 21.6. The van der Waals surface area contributed by atoms with Crippen LogP contribution in [0.15, 0.2) is 112 Å². The smallest absolute Gasteiger partial charge is 0.264 e. The van der Waals surface area contributed by atoms with Crippen LogP contribution in [-0.4, -0.2) is 44.3 Å². The molecule has 0 bridgehead atoms. The SMILES string of the molecule is CCCCNC(=O)C(Cc1ccccc1)N(Cc1cccc(Br)c1)C(=O)CN(c1cccc(Cl)c1C)S(=O)(=O)c1ccccc1. The molecule has 2 amide bonds. The highest BCUT2D eigenvalue weighted by Crippen LogP contribution is 2.31. The van der Waals surface area contributed by atoms with E-state index in [-0.39, 0.29) is 29.5 Å². The normalized spacial score (nSPS) is 11.9. The molecule has 0 heterocycles. The minimum Gasteiger partial charge on any atom is -0.354 e. The fourth-order valence-electron chi connectivity index (χ4n) is 4.99. The molecule has 1 N–H and O–H groups in total. The number of nitrogens with zero attached hydrogens (tertiary/aromatic N) is 2. The molecule has 45 heavy (non-hydrogen) atoms. The molecule has 7 nitrogen and oxygen atoms in total. The third kappa shape index (κ3) is 8.96. The van der Waals surface area contributed by atoms with E-state index in [9.17, 15) is 18.0 Å². The second-order valence-corrected chi connectivity index (χ2v) is 13.9. The van der Waals surface area contributed by atoms with Crippen molar-refractivity contribution in [1.82, 2.24) is 10.2 Å². The zero-order chi connectivity index (χ0) is 32.4. The van der Waals surface area contributed by atoms with Gasteiger partial charge in [0.15, 0.2) is 0 Å². The Bertz CT molecular complexity index is 1700. The van der Waals surface area contributed by atoms with Crippen molar-refractivity contribution in [2.24, 2.45) is 0 Å². The standard InChI is InChI=1S/C35H37BrClN3O4S/c1-3-4-21-38-35(42)33(23-27-13-7-5-8-14-27)39(24-28-15-11-16-29(36)22-28)34(41)25-40(32-20-12-19-31(37)26(32)2)45(43,44)30-17-9-6-10-18-30/h5-20,22,33H,3-4,21,23-25H2,1-2H3,(H,38,42). The number of unbranched alkanes of at least 4 members (excludes halogenated alkanes) is 1. The zero-order valence-corrected chi connectivity index (χ0v) is 28.5. The summed E-state index contributed by atoms with van der Waals surface area (Å²) >= 11 is 9.95. The summed E-state index contributed by atoms with van der Waals surface area (Å²) in [4.78, 5) is 29.9. The van der Waals surface area contributed by atoms with Gasteiger partial charge in [0.1, 0.15) is 12.6 Å². The van der Waals surface area contributed by atoms with E-state index in [1.807, 2.05) is 61.5 Å². The molecule has 0 radical (unpaired) electrons. The molecule has 236 valence electrons. The number of sulfonamides is 1. The van der Waals surface area contributed by atoms with E-state index < -0.39 is 28.5 Å². The lowest BCUT2D eigenvalue weighted by Gasteiger charge is -2.34. The molecule has 0 fully saturated rings. The van der Waals surface area contributed by atoms with E-state index >= 15 is 0 Å². The first-order valence-corrected chi connectivity index (χ1v) is 17.4. The monoisotopic (exact) mass is 709 g/mol. The number of carbonyl (C=O) groups excluding carboxylic acids is 2. The average Bonchev–Trinajstić information content (AvgIpc) is 3.04. The molecule has 1 atom stereocenters. The van der Waals surface area contributed by atoms with Crippen LogP contribution in [0.1, 0.15) is 36.5 Å². The minimum atomic E-state index is -4.20. The summed E-state index contributed by atoms with van der Waals surface area (Å²) in [5, 5.41) is 3.37. The van der Waals surface area contributed by atoms with Crippen LogP contribution in [-0.2, 0) is 32.6 Å². The molecule has 10 heteroatoms. The lowest BCUT2D eigenvalue weighted by atomic mass is 10.0. The Morgan fingerprint density at radius 3 is 2.20 bits per heavy atom. The number of benzene rings is 4. The number of hydrogen-bond donors (Lipinski definition) is 1. The van der Waals surface area contributed by atoms with Crippen LogP contribution in [0.3, 0.4) is 0 Å². The summed E-state index contributed by atoms with van der Waals surface area (Å²) < 4.78 is 30.2. The van der Waals surface area contributed by atoms with Gasteiger partial charge < -0.3 is 10.2 Å². The van der Waals surface area contributed by atoms with E-state index in [1.165, 1.54) is 17.0 Å². The summed E-state index contributed by atoms with van der Waals surface area (Å²) in [6.45, 7) is 3.77. The third-order valence-electron chi connectivity index (χ3n) is 7.46. The highest BCUT2D eigenvalue weighted by atomic mass is 79.9. The van der Waals surface area contributed by atoms with Crippen LogP contribution < -0.4 is 9.62 Å². The van der Waals surface area contributed by atoms with Gasteiger partial charge in [-0.25, -0.2) is 8.42 Å². The summed E-state index contributed by atoms with van der Waals surface area (Å²) in [6, 6.07) is 29.0. The van der Waals surface area contributed by atoms with Crippen molar-refractivity contribution in [1.29, 1.82) is 0 Å². The number of amides is 2. The van der Waals surface area contributed by atoms with Crippen LogP contribution in [0, 0.1) is 6.92 Å². The van der Waals surface area contributed by atoms with Gasteiger partial charge in [-0.15, -0.1) is 0 Å². The van der Waals surface area contributed by atoms with E-state index in [4.69, 9.17) is 11.6 Å². The molecule has 0 spiro atoms. The predicted octanol–water partition coefficient (Wildman–Crippen LogP) is 7.16. The lowest BCUT2D eigenvalue weighted by molar-refractivity contribution is -0.140. The van der Waals surface area contributed by atoms with E-state index in [2.05, 4.69) is 21.2 Å². The van der Waals surface area contributed by atoms with Crippen molar-refractivity contribution in [3.63, 3.8) is 0 Å². The van der Waals surface area contributed by atoms with Crippen LogP contribution in [0.25, 0.3) is 0 Å². The van der Waals surface area contributed by atoms with Gasteiger partial charge in [-0.2, -0.15) is 0 Å². The maximum absolute atomic E-state index is 14.6. The van der Waals surface area contributed by atoms with Crippen LogP contribution in [0.4, 0.5) is 5.69 Å². The predicted molar refractivity (Wildman–Crippen MR) is 184 cm³/mol.